The standard InChI is InChI=1S/C19H40N4O2.HI/c1-5-20-19(22-15-17(4)23(6-2)7-3)21-11-8-12-25-16-18-9-13-24-14-10-18;/h17-18H,5-16H2,1-4H3,(H2,20,21,22);1H. The van der Waals surface area contributed by atoms with Gasteiger partial charge in [-0.05, 0) is 52.1 Å². The summed E-state index contributed by atoms with van der Waals surface area (Å²) in [4.78, 5) is 7.15. The highest BCUT2D eigenvalue weighted by molar-refractivity contribution is 14.0. The Bertz CT molecular complexity index is 348. The Balaban J connectivity index is 0.00000625. The molecule has 1 rings (SSSR count). The number of ether oxygens (including phenoxy) is 2. The van der Waals surface area contributed by atoms with Crippen LogP contribution >= 0.6 is 24.0 Å². The lowest BCUT2D eigenvalue weighted by Crippen LogP contribution is -2.40. The van der Waals surface area contributed by atoms with Gasteiger partial charge in [-0.25, -0.2) is 0 Å². The third-order valence-corrected chi connectivity index (χ3v) is 4.75. The van der Waals surface area contributed by atoms with Crippen molar-refractivity contribution in [2.45, 2.75) is 53.0 Å². The Kier molecular flexibility index (Phi) is 16.9. The van der Waals surface area contributed by atoms with Crippen molar-refractivity contribution in [1.82, 2.24) is 15.5 Å². The fraction of sp³-hybridized carbons (Fsp3) is 0.947. The molecule has 0 bridgehead atoms. The largest absolute Gasteiger partial charge is 0.381 e. The number of guanidine groups is 1. The zero-order valence-corrected chi connectivity index (χ0v) is 19.6. The smallest absolute Gasteiger partial charge is 0.191 e. The van der Waals surface area contributed by atoms with Gasteiger partial charge >= 0.3 is 0 Å². The van der Waals surface area contributed by atoms with E-state index in [0.717, 1.165) is 84.4 Å². The van der Waals surface area contributed by atoms with Crippen molar-refractivity contribution in [3.8, 4) is 0 Å². The van der Waals surface area contributed by atoms with Gasteiger partial charge in [0.2, 0.25) is 0 Å². The van der Waals surface area contributed by atoms with E-state index < -0.39 is 0 Å². The van der Waals surface area contributed by atoms with E-state index in [4.69, 9.17) is 14.5 Å². The van der Waals surface area contributed by atoms with Crippen LogP contribution in [0.15, 0.2) is 4.99 Å². The Labute approximate surface area is 177 Å². The summed E-state index contributed by atoms with van der Waals surface area (Å²) < 4.78 is 11.2. The minimum atomic E-state index is 0. The Morgan fingerprint density at radius 3 is 2.50 bits per heavy atom. The molecule has 0 saturated carbocycles. The van der Waals surface area contributed by atoms with Gasteiger partial charge in [0.15, 0.2) is 5.96 Å². The van der Waals surface area contributed by atoms with E-state index in [2.05, 4.69) is 43.2 Å². The fourth-order valence-electron chi connectivity index (χ4n) is 3.07. The number of hydrogen-bond donors (Lipinski definition) is 2. The van der Waals surface area contributed by atoms with Gasteiger partial charge in [0, 0.05) is 45.6 Å². The van der Waals surface area contributed by atoms with E-state index in [0.29, 0.717) is 12.0 Å². The Hall–Kier alpha value is -0.120. The molecule has 26 heavy (non-hydrogen) atoms. The summed E-state index contributed by atoms with van der Waals surface area (Å²) in [7, 11) is 0. The van der Waals surface area contributed by atoms with Crippen molar-refractivity contribution in [1.29, 1.82) is 0 Å². The third kappa shape index (κ3) is 11.6. The molecule has 2 N–H and O–H groups in total. The molecular weight excluding hydrogens is 443 g/mol. The summed E-state index contributed by atoms with van der Waals surface area (Å²) in [6.45, 7) is 16.9. The number of nitrogens with zero attached hydrogens (tertiary/aromatic N) is 2. The van der Waals surface area contributed by atoms with Crippen LogP contribution in [0.4, 0.5) is 0 Å². The molecule has 0 aromatic carbocycles. The second kappa shape index (κ2) is 17.0. The molecule has 0 spiro atoms. The first-order valence-electron chi connectivity index (χ1n) is 10.1. The quantitative estimate of drug-likeness (QED) is 0.193. The molecule has 0 aromatic heterocycles. The molecular formula is C19H41IN4O2. The van der Waals surface area contributed by atoms with E-state index >= 15 is 0 Å². The number of nitrogens with one attached hydrogen (secondary N) is 2. The van der Waals surface area contributed by atoms with Crippen LogP contribution in [-0.2, 0) is 9.47 Å². The molecule has 1 unspecified atom stereocenters. The lowest BCUT2D eigenvalue weighted by atomic mass is 10.0. The second-order valence-corrected chi connectivity index (χ2v) is 6.70. The highest BCUT2D eigenvalue weighted by atomic mass is 127. The molecule has 156 valence electrons. The average Bonchev–Trinajstić information content (AvgIpc) is 2.64. The topological polar surface area (TPSA) is 58.1 Å². The predicted octanol–water partition coefficient (Wildman–Crippen LogP) is 2.72. The summed E-state index contributed by atoms with van der Waals surface area (Å²) in [6, 6.07) is 0.466. The zero-order valence-electron chi connectivity index (χ0n) is 17.3. The van der Waals surface area contributed by atoms with Crippen LogP contribution in [-0.4, -0.2) is 76.1 Å². The van der Waals surface area contributed by atoms with Gasteiger partial charge in [-0.3, -0.25) is 9.89 Å². The normalized spacial score (nSPS) is 17.0. The van der Waals surface area contributed by atoms with Crippen molar-refractivity contribution < 1.29 is 9.47 Å². The lowest BCUT2D eigenvalue weighted by Gasteiger charge is -2.25. The molecule has 7 heteroatoms. The van der Waals surface area contributed by atoms with Crippen molar-refractivity contribution in [3.63, 3.8) is 0 Å². The van der Waals surface area contributed by atoms with Gasteiger partial charge < -0.3 is 20.1 Å². The number of halogens is 1. The first-order chi connectivity index (χ1) is 12.2. The SMILES string of the molecule is CCNC(=NCC(C)N(CC)CC)NCCCOCC1CCOCC1.I. The number of hydrogen-bond acceptors (Lipinski definition) is 4. The van der Waals surface area contributed by atoms with Gasteiger partial charge in [0.05, 0.1) is 6.54 Å². The molecule has 0 amide bonds. The van der Waals surface area contributed by atoms with Gasteiger partial charge in [-0.1, -0.05) is 13.8 Å². The van der Waals surface area contributed by atoms with Crippen LogP contribution in [0.3, 0.4) is 0 Å². The van der Waals surface area contributed by atoms with E-state index in [1.807, 2.05) is 0 Å². The van der Waals surface area contributed by atoms with Crippen LogP contribution < -0.4 is 10.6 Å². The molecule has 1 fully saturated rings. The first-order valence-corrected chi connectivity index (χ1v) is 10.1. The van der Waals surface area contributed by atoms with E-state index in [-0.39, 0.29) is 24.0 Å². The van der Waals surface area contributed by atoms with Crippen molar-refractivity contribution in [2.24, 2.45) is 10.9 Å². The maximum Gasteiger partial charge on any atom is 0.191 e. The monoisotopic (exact) mass is 484 g/mol. The van der Waals surface area contributed by atoms with Gasteiger partial charge in [0.1, 0.15) is 0 Å². The van der Waals surface area contributed by atoms with Crippen molar-refractivity contribution in [2.75, 3.05) is 59.2 Å². The second-order valence-electron chi connectivity index (χ2n) is 6.70. The van der Waals surface area contributed by atoms with Crippen molar-refractivity contribution >= 4 is 29.9 Å². The molecule has 1 aliphatic rings. The number of likely N-dealkylation sites (N-methyl/N-ethyl adjacent to an activating group) is 1. The summed E-state index contributed by atoms with van der Waals surface area (Å²) >= 11 is 0. The van der Waals surface area contributed by atoms with Crippen LogP contribution in [0.25, 0.3) is 0 Å². The van der Waals surface area contributed by atoms with Crippen LogP contribution in [0, 0.1) is 5.92 Å². The van der Waals surface area contributed by atoms with Crippen molar-refractivity contribution in [3.05, 3.63) is 0 Å². The van der Waals surface area contributed by atoms with Gasteiger partial charge in [-0.15, -0.1) is 24.0 Å². The minimum absolute atomic E-state index is 0. The van der Waals surface area contributed by atoms with Crippen LogP contribution in [0.2, 0.25) is 0 Å². The van der Waals surface area contributed by atoms with E-state index in [1.165, 1.54) is 0 Å². The first kappa shape index (κ1) is 25.9. The third-order valence-electron chi connectivity index (χ3n) is 4.75. The minimum Gasteiger partial charge on any atom is -0.381 e. The van der Waals surface area contributed by atoms with Gasteiger partial charge in [-0.2, -0.15) is 0 Å². The molecule has 1 aliphatic heterocycles. The molecule has 6 nitrogen and oxygen atoms in total. The summed E-state index contributed by atoms with van der Waals surface area (Å²) in [6.07, 6.45) is 3.28. The van der Waals surface area contributed by atoms with E-state index in [9.17, 15) is 0 Å². The average molecular weight is 484 g/mol. The zero-order chi connectivity index (χ0) is 18.3. The maximum absolute atomic E-state index is 5.81. The summed E-state index contributed by atoms with van der Waals surface area (Å²) in [5, 5.41) is 6.73. The molecule has 1 saturated heterocycles. The lowest BCUT2D eigenvalue weighted by molar-refractivity contribution is 0.0203. The fourth-order valence-corrected chi connectivity index (χ4v) is 3.07. The van der Waals surface area contributed by atoms with E-state index in [1.54, 1.807) is 0 Å². The highest BCUT2D eigenvalue weighted by Crippen LogP contribution is 2.14. The molecule has 1 heterocycles. The number of aliphatic imine (C=N–C) groups is 1. The molecule has 1 atom stereocenters. The van der Waals surface area contributed by atoms with Crippen LogP contribution in [0.5, 0.6) is 0 Å². The maximum atomic E-state index is 5.81. The molecule has 0 aromatic rings. The summed E-state index contributed by atoms with van der Waals surface area (Å²) in [5.74, 6) is 1.59. The predicted molar refractivity (Wildman–Crippen MR) is 121 cm³/mol. The molecule has 0 radical (unpaired) electrons. The van der Waals surface area contributed by atoms with Gasteiger partial charge in [0.25, 0.3) is 0 Å². The summed E-state index contributed by atoms with van der Waals surface area (Å²) in [5.41, 5.74) is 0. The number of rotatable bonds is 12. The highest BCUT2D eigenvalue weighted by Gasteiger charge is 2.13. The molecule has 0 aliphatic carbocycles. The Morgan fingerprint density at radius 2 is 1.88 bits per heavy atom. The van der Waals surface area contributed by atoms with Crippen LogP contribution in [0.1, 0.15) is 47.0 Å². The Morgan fingerprint density at radius 1 is 1.19 bits per heavy atom.